The highest BCUT2D eigenvalue weighted by Gasteiger charge is 2.27. The van der Waals surface area contributed by atoms with Crippen LogP contribution in [0.15, 0.2) is 24.3 Å². The summed E-state index contributed by atoms with van der Waals surface area (Å²) >= 11 is 0. The maximum atomic E-state index is 11.9. The van der Waals surface area contributed by atoms with Gasteiger partial charge in [0.25, 0.3) is 0 Å². The Labute approximate surface area is 132 Å². The molecule has 1 aliphatic carbocycles. The predicted octanol–water partition coefficient (Wildman–Crippen LogP) is 3.50. The topological polar surface area (TPSA) is 74.6 Å². The number of ketones is 1. The number of aliphatic hydroxyl groups excluding tert-OH is 1. The third-order valence-electron chi connectivity index (χ3n) is 4.19. The summed E-state index contributed by atoms with van der Waals surface area (Å²) in [5.41, 5.74) is 0. The number of unbranched alkanes of at least 4 members (excludes halogenated alkanes) is 4. The van der Waals surface area contributed by atoms with Crippen LogP contribution in [0.25, 0.3) is 0 Å². The lowest BCUT2D eigenvalue weighted by atomic mass is 9.88. The normalized spacial score (nSPS) is 22.5. The number of aliphatic hydroxyl groups is 1. The molecule has 0 bridgehead atoms. The second-order valence-corrected chi connectivity index (χ2v) is 6.01. The van der Waals surface area contributed by atoms with Crippen molar-refractivity contribution in [3.63, 3.8) is 0 Å². The fourth-order valence-electron chi connectivity index (χ4n) is 2.75. The molecule has 0 spiro atoms. The fourth-order valence-corrected chi connectivity index (χ4v) is 2.75. The van der Waals surface area contributed by atoms with Gasteiger partial charge in [0.05, 0.1) is 6.10 Å². The van der Waals surface area contributed by atoms with E-state index in [0.29, 0.717) is 6.42 Å². The number of carbonyl (C=O) groups excluding carboxylic acids is 1. The molecule has 0 unspecified atom stereocenters. The van der Waals surface area contributed by atoms with Gasteiger partial charge in [-0.15, -0.1) is 0 Å². The van der Waals surface area contributed by atoms with Gasteiger partial charge >= 0.3 is 5.97 Å². The summed E-state index contributed by atoms with van der Waals surface area (Å²) in [5.74, 6) is -0.418. The number of carboxylic acids is 1. The molecule has 4 heteroatoms. The molecular weight excluding hydrogens is 280 g/mol. The molecule has 0 heterocycles. The second-order valence-electron chi connectivity index (χ2n) is 6.01. The van der Waals surface area contributed by atoms with Gasteiger partial charge in [-0.25, -0.2) is 0 Å². The Morgan fingerprint density at radius 1 is 1.27 bits per heavy atom. The van der Waals surface area contributed by atoms with E-state index in [2.05, 4.69) is 0 Å². The van der Waals surface area contributed by atoms with Crippen molar-refractivity contribution >= 4 is 11.8 Å². The van der Waals surface area contributed by atoms with Crippen LogP contribution in [0, 0.1) is 11.8 Å². The molecule has 1 aliphatic rings. The fraction of sp³-hybridized carbons (Fsp3) is 0.667. The molecule has 4 nitrogen and oxygen atoms in total. The number of hydrogen-bond donors (Lipinski definition) is 2. The summed E-state index contributed by atoms with van der Waals surface area (Å²) in [6, 6.07) is 0. The van der Waals surface area contributed by atoms with Gasteiger partial charge in [0.2, 0.25) is 0 Å². The molecule has 1 rings (SSSR count). The van der Waals surface area contributed by atoms with Crippen molar-refractivity contribution in [2.75, 3.05) is 0 Å². The van der Waals surface area contributed by atoms with E-state index in [0.717, 1.165) is 38.5 Å². The van der Waals surface area contributed by atoms with E-state index in [4.69, 9.17) is 5.11 Å². The largest absolute Gasteiger partial charge is 0.481 e. The van der Waals surface area contributed by atoms with Gasteiger partial charge in [-0.05, 0) is 25.3 Å². The average molecular weight is 308 g/mol. The Hall–Kier alpha value is -1.42. The lowest BCUT2D eigenvalue weighted by molar-refractivity contribution is -0.137. The molecule has 0 saturated heterocycles. The second kappa shape index (κ2) is 10.3. The van der Waals surface area contributed by atoms with E-state index < -0.39 is 12.1 Å². The van der Waals surface area contributed by atoms with Crippen molar-refractivity contribution in [1.82, 2.24) is 0 Å². The molecule has 0 saturated carbocycles. The summed E-state index contributed by atoms with van der Waals surface area (Å²) in [6.45, 7) is 1.92. The van der Waals surface area contributed by atoms with Gasteiger partial charge in [-0.1, -0.05) is 50.8 Å². The SMILES string of the molecule is CC[C@H](O)/C=C/[C@H]1C=CC(=O)[C@H]1CCCCCCCC(=O)O. The Bertz CT molecular complexity index is 411. The lowest BCUT2D eigenvalue weighted by Gasteiger charge is -2.15. The average Bonchev–Trinajstić information content (AvgIpc) is 2.84. The minimum atomic E-state index is -0.730. The minimum absolute atomic E-state index is 0.0133. The zero-order chi connectivity index (χ0) is 16.4. The van der Waals surface area contributed by atoms with Crippen molar-refractivity contribution < 1.29 is 19.8 Å². The number of rotatable bonds is 11. The van der Waals surface area contributed by atoms with Gasteiger partial charge in [0.1, 0.15) is 0 Å². The quantitative estimate of drug-likeness (QED) is 0.452. The van der Waals surface area contributed by atoms with Crippen LogP contribution in [0.4, 0.5) is 0 Å². The molecule has 0 aromatic heterocycles. The summed E-state index contributed by atoms with van der Waals surface area (Å²) in [4.78, 5) is 22.3. The van der Waals surface area contributed by atoms with Crippen molar-refractivity contribution in [3.8, 4) is 0 Å². The molecule has 0 radical (unpaired) electrons. The van der Waals surface area contributed by atoms with Crippen LogP contribution in [-0.4, -0.2) is 28.1 Å². The number of allylic oxidation sites excluding steroid dienone is 3. The van der Waals surface area contributed by atoms with Crippen LogP contribution in [0.5, 0.6) is 0 Å². The Balaban J connectivity index is 2.23. The van der Waals surface area contributed by atoms with Crippen molar-refractivity contribution in [2.24, 2.45) is 11.8 Å². The van der Waals surface area contributed by atoms with Gasteiger partial charge in [0, 0.05) is 18.3 Å². The smallest absolute Gasteiger partial charge is 0.303 e. The van der Waals surface area contributed by atoms with Gasteiger partial charge in [0.15, 0.2) is 5.78 Å². The number of carbonyl (C=O) groups is 2. The van der Waals surface area contributed by atoms with Crippen LogP contribution in [-0.2, 0) is 9.59 Å². The van der Waals surface area contributed by atoms with Crippen LogP contribution < -0.4 is 0 Å². The van der Waals surface area contributed by atoms with E-state index in [1.165, 1.54) is 0 Å². The van der Waals surface area contributed by atoms with Crippen LogP contribution >= 0.6 is 0 Å². The Morgan fingerprint density at radius 2 is 1.95 bits per heavy atom. The molecule has 0 aromatic carbocycles. The molecule has 3 atom stereocenters. The van der Waals surface area contributed by atoms with E-state index in [1.54, 1.807) is 12.2 Å². The highest BCUT2D eigenvalue weighted by atomic mass is 16.4. The standard InChI is InChI=1S/C18H28O4/c1-2-15(19)12-10-14-11-13-17(20)16(14)8-6-4-3-5-7-9-18(21)22/h10-16,19H,2-9H2,1H3,(H,21,22)/b12-10+/t14-,15-,16-/m0/s1. The monoisotopic (exact) mass is 308 g/mol. The highest BCUT2D eigenvalue weighted by molar-refractivity contribution is 5.94. The first-order valence-electron chi connectivity index (χ1n) is 8.34. The third kappa shape index (κ3) is 7.03. The molecular formula is C18H28O4. The van der Waals surface area contributed by atoms with Gasteiger partial charge in [-0.2, -0.15) is 0 Å². The Kier molecular flexibility index (Phi) is 8.75. The highest BCUT2D eigenvalue weighted by Crippen LogP contribution is 2.29. The minimum Gasteiger partial charge on any atom is -0.481 e. The summed E-state index contributed by atoms with van der Waals surface area (Å²) < 4.78 is 0. The maximum absolute atomic E-state index is 11.9. The number of hydrogen-bond acceptors (Lipinski definition) is 3. The molecule has 22 heavy (non-hydrogen) atoms. The molecule has 0 aliphatic heterocycles. The lowest BCUT2D eigenvalue weighted by Crippen LogP contribution is -2.15. The van der Waals surface area contributed by atoms with E-state index in [-0.39, 0.29) is 24.0 Å². The van der Waals surface area contributed by atoms with Gasteiger partial charge in [-0.3, -0.25) is 9.59 Å². The van der Waals surface area contributed by atoms with Crippen LogP contribution in [0.2, 0.25) is 0 Å². The molecule has 2 N–H and O–H groups in total. The van der Waals surface area contributed by atoms with Crippen LogP contribution in [0.3, 0.4) is 0 Å². The van der Waals surface area contributed by atoms with E-state index in [1.807, 2.05) is 19.1 Å². The third-order valence-corrected chi connectivity index (χ3v) is 4.19. The zero-order valence-corrected chi connectivity index (χ0v) is 13.4. The first kappa shape index (κ1) is 18.6. The molecule has 0 aromatic rings. The zero-order valence-electron chi connectivity index (χ0n) is 13.4. The van der Waals surface area contributed by atoms with Crippen molar-refractivity contribution in [1.29, 1.82) is 0 Å². The van der Waals surface area contributed by atoms with Crippen molar-refractivity contribution in [3.05, 3.63) is 24.3 Å². The van der Waals surface area contributed by atoms with E-state index in [9.17, 15) is 14.7 Å². The molecule has 0 amide bonds. The van der Waals surface area contributed by atoms with E-state index >= 15 is 0 Å². The summed E-state index contributed by atoms with van der Waals surface area (Å²) in [7, 11) is 0. The maximum Gasteiger partial charge on any atom is 0.303 e. The van der Waals surface area contributed by atoms with Crippen LogP contribution in [0.1, 0.15) is 58.3 Å². The Morgan fingerprint density at radius 3 is 2.64 bits per heavy atom. The first-order chi connectivity index (χ1) is 10.5. The number of aliphatic carboxylic acids is 1. The molecule has 0 fully saturated rings. The summed E-state index contributed by atoms with van der Waals surface area (Å²) in [6.07, 6.45) is 13.4. The molecule has 124 valence electrons. The summed E-state index contributed by atoms with van der Waals surface area (Å²) in [5, 5.41) is 18.1. The van der Waals surface area contributed by atoms with Gasteiger partial charge < -0.3 is 10.2 Å². The van der Waals surface area contributed by atoms with Crippen molar-refractivity contribution in [2.45, 2.75) is 64.4 Å². The predicted molar refractivity (Wildman–Crippen MR) is 86.5 cm³/mol. The first-order valence-corrected chi connectivity index (χ1v) is 8.34. The number of carboxylic acid groups (broad SMARTS) is 1.